The van der Waals surface area contributed by atoms with E-state index in [0.29, 0.717) is 22.9 Å². The molecule has 0 spiro atoms. The number of methoxy groups -OCH3 is 1. The Kier molecular flexibility index (Phi) is 7.31. The number of unbranched alkanes of at least 4 members (excludes halogenated alkanes) is 1. The maximum atomic E-state index is 12.0. The van der Waals surface area contributed by atoms with Crippen LogP contribution >= 0.6 is 11.6 Å². The molecule has 0 amide bonds. The van der Waals surface area contributed by atoms with Crippen LogP contribution in [0.15, 0.2) is 54.7 Å². The molecule has 0 aliphatic rings. The number of carboxylic acids is 1. The summed E-state index contributed by atoms with van der Waals surface area (Å²) in [6, 6.07) is 14.7. The molecule has 1 heterocycles. The van der Waals surface area contributed by atoms with Gasteiger partial charge >= 0.3 is 5.97 Å². The van der Waals surface area contributed by atoms with E-state index in [0.717, 1.165) is 36.3 Å². The first-order chi connectivity index (χ1) is 14.5. The summed E-state index contributed by atoms with van der Waals surface area (Å²) in [6.07, 6.45) is 6.26. The van der Waals surface area contributed by atoms with Gasteiger partial charge in [0.15, 0.2) is 0 Å². The molecule has 0 aliphatic carbocycles. The van der Waals surface area contributed by atoms with Crippen LogP contribution in [-0.2, 0) is 17.8 Å². The fourth-order valence-corrected chi connectivity index (χ4v) is 3.46. The van der Waals surface area contributed by atoms with Crippen LogP contribution in [-0.4, -0.2) is 27.7 Å². The van der Waals surface area contributed by atoms with Gasteiger partial charge in [-0.2, -0.15) is 0 Å². The molecular weight excluding hydrogens is 400 g/mol. The summed E-state index contributed by atoms with van der Waals surface area (Å²) in [5, 5.41) is 10.5. The second-order valence-electron chi connectivity index (χ2n) is 6.98. The molecule has 0 radical (unpaired) electrons. The summed E-state index contributed by atoms with van der Waals surface area (Å²) in [4.78, 5) is 16.6. The Balaban J connectivity index is 2.07. The van der Waals surface area contributed by atoms with Crippen LogP contribution in [0.4, 0.5) is 0 Å². The van der Waals surface area contributed by atoms with Crippen LogP contribution in [0.2, 0.25) is 5.02 Å². The zero-order valence-corrected chi connectivity index (χ0v) is 17.9. The summed E-state index contributed by atoms with van der Waals surface area (Å²) in [6.45, 7) is 2.66. The van der Waals surface area contributed by atoms with Gasteiger partial charge in [0.2, 0.25) is 0 Å². The molecule has 30 heavy (non-hydrogen) atoms. The maximum absolute atomic E-state index is 12.0. The van der Waals surface area contributed by atoms with E-state index in [1.807, 2.05) is 28.8 Å². The number of carboxylic acid groups (broad SMARTS) is 1. The molecule has 0 unspecified atom stereocenters. The highest BCUT2D eigenvalue weighted by atomic mass is 35.5. The van der Waals surface area contributed by atoms with Gasteiger partial charge in [-0.15, -0.1) is 0 Å². The zero-order valence-electron chi connectivity index (χ0n) is 17.1. The van der Waals surface area contributed by atoms with E-state index in [1.165, 1.54) is 0 Å². The van der Waals surface area contributed by atoms with Crippen molar-refractivity contribution in [3.63, 3.8) is 0 Å². The normalized spacial score (nSPS) is 11.5. The fourth-order valence-electron chi connectivity index (χ4n) is 3.27. The number of hydrogen-bond acceptors (Lipinski definition) is 3. The van der Waals surface area contributed by atoms with Crippen LogP contribution < -0.4 is 4.74 Å². The van der Waals surface area contributed by atoms with Gasteiger partial charge < -0.3 is 14.4 Å². The number of benzene rings is 2. The smallest absolute Gasteiger partial charge is 0.336 e. The van der Waals surface area contributed by atoms with Crippen molar-refractivity contribution < 1.29 is 14.6 Å². The lowest BCUT2D eigenvalue weighted by Gasteiger charge is -2.13. The largest absolute Gasteiger partial charge is 0.497 e. The number of aryl methyl sites for hydroxylation is 1. The Bertz CT molecular complexity index is 1060. The molecule has 1 N–H and O–H groups in total. The lowest BCUT2D eigenvalue weighted by atomic mass is 10.0. The molecule has 2 aromatic carbocycles. The molecule has 5 nitrogen and oxygen atoms in total. The summed E-state index contributed by atoms with van der Waals surface area (Å²) in [5.74, 6) is 0.509. The molecule has 0 atom stereocenters. The number of rotatable bonds is 9. The Morgan fingerprint density at radius 2 is 2.03 bits per heavy atom. The number of aromatic nitrogens is 2. The number of carbonyl (C=O) groups is 1. The first-order valence-corrected chi connectivity index (χ1v) is 10.3. The van der Waals surface area contributed by atoms with E-state index in [-0.39, 0.29) is 5.57 Å². The minimum absolute atomic E-state index is 0.177. The number of imidazole rings is 1. The monoisotopic (exact) mass is 424 g/mol. The minimum atomic E-state index is -1.01. The first kappa shape index (κ1) is 21.7. The van der Waals surface area contributed by atoms with Crippen LogP contribution in [0.25, 0.3) is 11.6 Å². The predicted molar refractivity (Wildman–Crippen MR) is 120 cm³/mol. The van der Waals surface area contributed by atoms with Gasteiger partial charge in [-0.1, -0.05) is 55.3 Å². The Labute approximate surface area is 181 Å². The standard InChI is InChI=1S/C24H25ClN2O3/c1-3-4-12-23-26-15-19(27(23)16-18-8-5-6-11-22(18)25)14-21(24(28)29)17-9-7-10-20(13-17)30-2/h5-11,13-15H,3-4,12,16H2,1-2H3,(H,28,29)/b21-14+. The highest BCUT2D eigenvalue weighted by molar-refractivity contribution is 6.31. The summed E-state index contributed by atoms with van der Waals surface area (Å²) < 4.78 is 7.29. The van der Waals surface area contributed by atoms with Crippen molar-refractivity contribution in [1.29, 1.82) is 0 Å². The summed E-state index contributed by atoms with van der Waals surface area (Å²) in [5.41, 5.74) is 2.43. The minimum Gasteiger partial charge on any atom is -0.497 e. The van der Waals surface area contributed by atoms with Crippen molar-refractivity contribution in [1.82, 2.24) is 9.55 Å². The van der Waals surface area contributed by atoms with E-state index in [1.54, 1.807) is 43.6 Å². The number of ether oxygens (including phenoxy) is 1. The van der Waals surface area contributed by atoms with Gasteiger partial charge in [0.25, 0.3) is 0 Å². The van der Waals surface area contributed by atoms with Crippen molar-refractivity contribution in [2.24, 2.45) is 0 Å². The zero-order chi connectivity index (χ0) is 21.5. The molecule has 0 bridgehead atoms. The summed E-state index contributed by atoms with van der Waals surface area (Å²) >= 11 is 6.38. The number of hydrogen-bond donors (Lipinski definition) is 1. The lowest BCUT2D eigenvalue weighted by molar-refractivity contribution is -0.130. The average Bonchev–Trinajstić information content (AvgIpc) is 3.13. The van der Waals surface area contributed by atoms with Crippen molar-refractivity contribution >= 4 is 29.2 Å². The Morgan fingerprint density at radius 1 is 1.23 bits per heavy atom. The van der Waals surface area contributed by atoms with Crippen LogP contribution in [0.1, 0.15) is 42.4 Å². The van der Waals surface area contributed by atoms with E-state index < -0.39 is 5.97 Å². The van der Waals surface area contributed by atoms with Gasteiger partial charge in [-0.25, -0.2) is 9.78 Å². The highest BCUT2D eigenvalue weighted by Crippen LogP contribution is 2.25. The van der Waals surface area contributed by atoms with Gasteiger partial charge in [0.05, 0.1) is 31.1 Å². The molecule has 6 heteroatoms. The average molecular weight is 425 g/mol. The predicted octanol–water partition coefficient (Wildman–Crippen LogP) is 5.56. The molecule has 0 fully saturated rings. The first-order valence-electron chi connectivity index (χ1n) is 9.90. The van der Waals surface area contributed by atoms with E-state index >= 15 is 0 Å². The third-order valence-corrected chi connectivity index (χ3v) is 5.28. The fraction of sp³-hybridized carbons (Fsp3) is 0.250. The molecule has 0 saturated heterocycles. The van der Waals surface area contributed by atoms with Gasteiger partial charge in [0.1, 0.15) is 11.6 Å². The molecule has 0 aliphatic heterocycles. The lowest BCUT2D eigenvalue weighted by Crippen LogP contribution is -2.09. The summed E-state index contributed by atoms with van der Waals surface area (Å²) in [7, 11) is 1.56. The molecule has 156 valence electrons. The topological polar surface area (TPSA) is 64.3 Å². The molecular formula is C24H25ClN2O3. The third kappa shape index (κ3) is 5.10. The van der Waals surface area contributed by atoms with Gasteiger partial charge in [-0.05, 0) is 41.8 Å². The van der Waals surface area contributed by atoms with Crippen LogP contribution in [0.3, 0.4) is 0 Å². The Morgan fingerprint density at radius 3 is 2.73 bits per heavy atom. The number of aliphatic carboxylic acids is 1. The van der Waals surface area contributed by atoms with Gasteiger partial charge in [0, 0.05) is 11.4 Å². The van der Waals surface area contributed by atoms with Crippen molar-refractivity contribution in [3.8, 4) is 5.75 Å². The second-order valence-corrected chi connectivity index (χ2v) is 7.38. The maximum Gasteiger partial charge on any atom is 0.336 e. The Hall–Kier alpha value is -3.05. The van der Waals surface area contributed by atoms with Crippen molar-refractivity contribution in [2.75, 3.05) is 7.11 Å². The van der Waals surface area contributed by atoms with E-state index in [2.05, 4.69) is 11.9 Å². The van der Waals surface area contributed by atoms with Crippen LogP contribution in [0.5, 0.6) is 5.75 Å². The second kappa shape index (κ2) is 10.1. The van der Waals surface area contributed by atoms with Crippen LogP contribution in [0, 0.1) is 0 Å². The quantitative estimate of drug-likeness (QED) is 0.456. The van der Waals surface area contributed by atoms with Crippen molar-refractivity contribution in [3.05, 3.63) is 82.4 Å². The highest BCUT2D eigenvalue weighted by Gasteiger charge is 2.16. The van der Waals surface area contributed by atoms with Gasteiger partial charge in [-0.3, -0.25) is 0 Å². The van der Waals surface area contributed by atoms with Crippen molar-refractivity contribution in [2.45, 2.75) is 32.7 Å². The number of nitrogens with zero attached hydrogens (tertiary/aromatic N) is 2. The molecule has 1 aromatic heterocycles. The van der Waals surface area contributed by atoms with E-state index in [4.69, 9.17) is 16.3 Å². The number of halogens is 1. The molecule has 3 aromatic rings. The molecule has 0 saturated carbocycles. The SMILES string of the molecule is CCCCc1ncc(/C=C(/C(=O)O)c2cccc(OC)c2)n1Cc1ccccc1Cl. The third-order valence-electron chi connectivity index (χ3n) is 4.91. The van der Waals surface area contributed by atoms with E-state index in [9.17, 15) is 9.90 Å². The molecule has 3 rings (SSSR count).